The molecule has 0 unspecified atom stereocenters. The average Bonchev–Trinajstić information content (AvgIpc) is 2.31. The first-order chi connectivity index (χ1) is 7.77. The highest BCUT2D eigenvalue weighted by molar-refractivity contribution is 5.93. The Bertz CT molecular complexity index is 370. The maximum atomic E-state index is 12.0. The molecule has 0 atom stereocenters. The number of aryl methyl sites for hydroxylation is 1. The molecule has 0 aromatic carbocycles. The zero-order chi connectivity index (χ0) is 11.4. The van der Waals surface area contributed by atoms with Crippen molar-refractivity contribution in [3.05, 3.63) is 29.6 Å². The molecule has 1 N–H and O–H groups in total. The van der Waals surface area contributed by atoms with Crippen molar-refractivity contribution in [2.75, 3.05) is 0 Å². The van der Waals surface area contributed by atoms with Crippen molar-refractivity contribution in [2.45, 2.75) is 45.1 Å². The fourth-order valence-electron chi connectivity index (χ4n) is 2.22. The Morgan fingerprint density at radius 2 is 2.12 bits per heavy atom. The van der Waals surface area contributed by atoms with Crippen molar-refractivity contribution in [1.82, 2.24) is 10.3 Å². The summed E-state index contributed by atoms with van der Waals surface area (Å²) in [5, 5.41) is 3.07. The molecule has 3 heteroatoms. The fraction of sp³-hybridized carbons (Fsp3) is 0.538. The number of hydrogen-bond donors (Lipinski definition) is 1. The first-order valence-electron chi connectivity index (χ1n) is 6.00. The number of aromatic nitrogens is 1. The Morgan fingerprint density at radius 3 is 2.81 bits per heavy atom. The zero-order valence-electron chi connectivity index (χ0n) is 9.70. The Balaban J connectivity index is 2.00. The van der Waals surface area contributed by atoms with Gasteiger partial charge in [0.2, 0.25) is 0 Å². The van der Waals surface area contributed by atoms with E-state index in [9.17, 15) is 4.79 Å². The van der Waals surface area contributed by atoms with E-state index in [4.69, 9.17) is 0 Å². The molecule has 3 nitrogen and oxygen atoms in total. The molecule has 0 aliphatic heterocycles. The van der Waals surface area contributed by atoms with Gasteiger partial charge in [0.1, 0.15) is 5.69 Å². The Kier molecular flexibility index (Phi) is 3.54. The van der Waals surface area contributed by atoms with E-state index in [1.165, 1.54) is 19.3 Å². The summed E-state index contributed by atoms with van der Waals surface area (Å²) < 4.78 is 0. The lowest BCUT2D eigenvalue weighted by atomic mass is 9.95. The summed E-state index contributed by atoms with van der Waals surface area (Å²) in [5.41, 5.74) is 1.50. The molecule has 2 rings (SSSR count). The summed E-state index contributed by atoms with van der Waals surface area (Å²) >= 11 is 0. The third-order valence-electron chi connectivity index (χ3n) is 3.16. The summed E-state index contributed by atoms with van der Waals surface area (Å²) in [5.74, 6) is -0.0231. The maximum absolute atomic E-state index is 12.0. The van der Waals surface area contributed by atoms with E-state index in [-0.39, 0.29) is 5.91 Å². The number of amides is 1. The molecule has 1 fully saturated rings. The van der Waals surface area contributed by atoms with Gasteiger partial charge in [-0.25, -0.2) is 0 Å². The highest BCUT2D eigenvalue weighted by Crippen LogP contribution is 2.17. The quantitative estimate of drug-likeness (QED) is 0.828. The number of carbonyl (C=O) groups excluding carboxylic acids is 1. The Hall–Kier alpha value is -1.38. The van der Waals surface area contributed by atoms with Gasteiger partial charge in [-0.1, -0.05) is 25.3 Å². The van der Waals surface area contributed by atoms with Crippen LogP contribution >= 0.6 is 0 Å². The Morgan fingerprint density at radius 1 is 1.38 bits per heavy atom. The molecule has 1 aromatic heterocycles. The smallest absolute Gasteiger partial charge is 0.270 e. The summed E-state index contributed by atoms with van der Waals surface area (Å²) in [6, 6.07) is 4.12. The number of pyridine rings is 1. The van der Waals surface area contributed by atoms with E-state index in [0.717, 1.165) is 18.4 Å². The molecule has 1 amide bonds. The fourth-order valence-corrected chi connectivity index (χ4v) is 2.22. The normalized spacial score (nSPS) is 17.1. The minimum absolute atomic E-state index is 0.0231. The lowest BCUT2D eigenvalue weighted by molar-refractivity contribution is 0.0922. The van der Waals surface area contributed by atoms with Crippen LogP contribution in [-0.2, 0) is 0 Å². The molecular formula is C13H18N2O. The van der Waals surface area contributed by atoms with Crippen LogP contribution in [0.4, 0.5) is 0 Å². The van der Waals surface area contributed by atoms with Crippen LogP contribution in [0.1, 0.15) is 48.2 Å². The predicted octanol–water partition coefficient (Wildman–Crippen LogP) is 2.45. The zero-order valence-corrected chi connectivity index (χ0v) is 9.70. The highest BCUT2D eigenvalue weighted by Gasteiger charge is 2.17. The number of hydrogen-bond acceptors (Lipinski definition) is 2. The summed E-state index contributed by atoms with van der Waals surface area (Å²) in [7, 11) is 0. The van der Waals surface area contributed by atoms with Crippen molar-refractivity contribution in [1.29, 1.82) is 0 Å². The second kappa shape index (κ2) is 5.10. The molecule has 1 heterocycles. The molecule has 16 heavy (non-hydrogen) atoms. The van der Waals surface area contributed by atoms with Crippen LogP contribution in [0.5, 0.6) is 0 Å². The maximum Gasteiger partial charge on any atom is 0.270 e. The minimum Gasteiger partial charge on any atom is -0.348 e. The lowest BCUT2D eigenvalue weighted by Gasteiger charge is -2.22. The molecule has 0 radical (unpaired) electrons. The van der Waals surface area contributed by atoms with Crippen LogP contribution in [-0.4, -0.2) is 16.9 Å². The van der Waals surface area contributed by atoms with Crippen LogP contribution < -0.4 is 5.32 Å². The SMILES string of the molecule is Cc1cccnc1C(=O)NC1CCCCC1. The largest absolute Gasteiger partial charge is 0.348 e. The minimum atomic E-state index is -0.0231. The van der Waals surface area contributed by atoms with E-state index in [0.29, 0.717) is 11.7 Å². The van der Waals surface area contributed by atoms with Gasteiger partial charge in [0.15, 0.2) is 0 Å². The molecule has 0 bridgehead atoms. The Labute approximate surface area is 96.3 Å². The molecule has 0 spiro atoms. The van der Waals surface area contributed by atoms with Crippen molar-refractivity contribution in [2.24, 2.45) is 0 Å². The standard InChI is InChI=1S/C13H18N2O/c1-10-6-5-9-14-12(10)13(16)15-11-7-3-2-4-8-11/h5-6,9,11H,2-4,7-8H2,1H3,(H,15,16). The van der Waals surface area contributed by atoms with Crippen LogP contribution in [0.25, 0.3) is 0 Å². The predicted molar refractivity (Wildman–Crippen MR) is 63.3 cm³/mol. The molecule has 0 saturated heterocycles. The number of nitrogens with zero attached hydrogens (tertiary/aromatic N) is 1. The van der Waals surface area contributed by atoms with Crippen LogP contribution in [0, 0.1) is 6.92 Å². The molecule has 1 saturated carbocycles. The number of carbonyl (C=O) groups is 1. The van der Waals surface area contributed by atoms with Gasteiger partial charge >= 0.3 is 0 Å². The van der Waals surface area contributed by atoms with E-state index >= 15 is 0 Å². The monoisotopic (exact) mass is 218 g/mol. The first-order valence-corrected chi connectivity index (χ1v) is 6.00. The van der Waals surface area contributed by atoms with Gasteiger partial charge < -0.3 is 5.32 Å². The molecular weight excluding hydrogens is 200 g/mol. The first kappa shape index (κ1) is 11.1. The third-order valence-corrected chi connectivity index (χ3v) is 3.16. The van der Waals surface area contributed by atoms with Crippen molar-refractivity contribution < 1.29 is 4.79 Å². The second-order valence-corrected chi connectivity index (χ2v) is 4.48. The third kappa shape index (κ3) is 2.60. The molecule has 1 aromatic rings. The molecule has 1 aliphatic rings. The highest BCUT2D eigenvalue weighted by atomic mass is 16.1. The van der Waals surface area contributed by atoms with Gasteiger partial charge in [-0.2, -0.15) is 0 Å². The van der Waals surface area contributed by atoms with Crippen molar-refractivity contribution >= 4 is 5.91 Å². The number of rotatable bonds is 2. The molecule has 1 aliphatic carbocycles. The van der Waals surface area contributed by atoms with E-state index in [1.807, 2.05) is 19.1 Å². The second-order valence-electron chi connectivity index (χ2n) is 4.48. The van der Waals surface area contributed by atoms with E-state index < -0.39 is 0 Å². The van der Waals surface area contributed by atoms with Crippen LogP contribution in [0.2, 0.25) is 0 Å². The van der Waals surface area contributed by atoms with Gasteiger partial charge in [0.05, 0.1) is 0 Å². The van der Waals surface area contributed by atoms with Gasteiger partial charge in [-0.3, -0.25) is 9.78 Å². The van der Waals surface area contributed by atoms with Gasteiger partial charge in [-0.15, -0.1) is 0 Å². The van der Waals surface area contributed by atoms with Crippen LogP contribution in [0.3, 0.4) is 0 Å². The van der Waals surface area contributed by atoms with E-state index in [1.54, 1.807) is 6.20 Å². The average molecular weight is 218 g/mol. The van der Waals surface area contributed by atoms with E-state index in [2.05, 4.69) is 10.3 Å². The number of nitrogens with one attached hydrogen (secondary N) is 1. The summed E-state index contributed by atoms with van der Waals surface area (Å²) in [4.78, 5) is 16.1. The summed E-state index contributed by atoms with van der Waals surface area (Å²) in [6.07, 6.45) is 7.64. The van der Waals surface area contributed by atoms with Crippen molar-refractivity contribution in [3.8, 4) is 0 Å². The van der Waals surface area contributed by atoms with Crippen LogP contribution in [0.15, 0.2) is 18.3 Å². The van der Waals surface area contributed by atoms with Gasteiger partial charge in [-0.05, 0) is 31.4 Å². The lowest BCUT2D eigenvalue weighted by Crippen LogP contribution is -2.36. The van der Waals surface area contributed by atoms with Gasteiger partial charge in [0.25, 0.3) is 5.91 Å². The topological polar surface area (TPSA) is 42.0 Å². The van der Waals surface area contributed by atoms with Gasteiger partial charge in [0, 0.05) is 12.2 Å². The van der Waals surface area contributed by atoms with Crippen molar-refractivity contribution in [3.63, 3.8) is 0 Å². The summed E-state index contributed by atoms with van der Waals surface area (Å²) in [6.45, 7) is 1.92. The molecule has 86 valence electrons.